The number of likely N-dealkylation sites (tertiary alicyclic amines) is 2. The number of benzene rings is 1. The molecule has 284 valence electrons. The van der Waals surface area contributed by atoms with Crippen molar-refractivity contribution in [1.29, 1.82) is 0 Å². The highest BCUT2D eigenvalue weighted by atomic mass is 19.3. The van der Waals surface area contributed by atoms with Gasteiger partial charge < -0.3 is 26.0 Å². The number of hydrogen-bond acceptors (Lipinski definition) is 8. The number of likely N-dealkylation sites (N-methyl/N-ethyl adjacent to an activating group) is 1. The molecule has 0 saturated carbocycles. The van der Waals surface area contributed by atoms with Crippen LogP contribution >= 0.6 is 0 Å². The molecule has 53 heavy (non-hydrogen) atoms. The molecule has 1 aromatic heterocycles. The fourth-order valence-electron chi connectivity index (χ4n) is 9.02. The molecule has 2 atom stereocenters. The lowest BCUT2D eigenvalue weighted by Gasteiger charge is -2.46. The van der Waals surface area contributed by atoms with Gasteiger partial charge in [0.2, 0.25) is 17.7 Å². The number of nitrogens with zero attached hydrogens (tertiary/aromatic N) is 4. The number of amides is 3. The number of aliphatic hydroxyl groups excluding tert-OH is 1. The van der Waals surface area contributed by atoms with Crippen LogP contribution in [0.2, 0.25) is 0 Å². The topological polar surface area (TPSA) is 130 Å². The first-order valence-electron chi connectivity index (χ1n) is 19.0. The van der Waals surface area contributed by atoms with Crippen LogP contribution in [0.3, 0.4) is 0 Å². The monoisotopic (exact) mass is 731 g/mol. The van der Waals surface area contributed by atoms with E-state index in [1.54, 1.807) is 16.0 Å². The van der Waals surface area contributed by atoms with Gasteiger partial charge in [-0.15, -0.1) is 0 Å². The zero-order valence-electron chi connectivity index (χ0n) is 30.7. The van der Waals surface area contributed by atoms with E-state index >= 15 is 0 Å². The number of allylic oxidation sites excluding steroid dienone is 1. The molecule has 11 nitrogen and oxygen atoms in total. The lowest BCUT2D eigenvalue weighted by molar-refractivity contribution is -0.168. The first kappa shape index (κ1) is 37.3. The fraction of sp³-hybridized carbons (Fsp3) is 0.550. The quantitative estimate of drug-likeness (QED) is 0.271. The Kier molecular flexibility index (Phi) is 10.6. The first-order chi connectivity index (χ1) is 25.5. The van der Waals surface area contributed by atoms with Gasteiger partial charge in [-0.05, 0) is 86.9 Å². The molecule has 2 saturated heterocycles. The van der Waals surface area contributed by atoms with Crippen molar-refractivity contribution < 1.29 is 28.3 Å². The molecule has 1 spiro atoms. The maximum Gasteiger partial charge on any atom is 0.250 e. The van der Waals surface area contributed by atoms with Crippen LogP contribution in [0.15, 0.2) is 59.8 Å². The third-order valence-corrected chi connectivity index (χ3v) is 12.3. The van der Waals surface area contributed by atoms with Crippen molar-refractivity contribution >= 4 is 29.2 Å². The van der Waals surface area contributed by atoms with Crippen LogP contribution in [-0.4, -0.2) is 108 Å². The molecular formula is C40H51F2N7O4. The molecular weight excluding hydrogens is 680 g/mol. The van der Waals surface area contributed by atoms with Gasteiger partial charge in [0, 0.05) is 69.6 Å². The van der Waals surface area contributed by atoms with Crippen molar-refractivity contribution in [2.75, 3.05) is 63.5 Å². The number of carbonyl (C=O) groups excluding carboxylic acids is 3. The van der Waals surface area contributed by atoms with E-state index in [1.165, 1.54) is 5.57 Å². The molecule has 4 heterocycles. The van der Waals surface area contributed by atoms with Crippen molar-refractivity contribution in [3.63, 3.8) is 0 Å². The smallest absolute Gasteiger partial charge is 0.250 e. The summed E-state index contributed by atoms with van der Waals surface area (Å²) in [5.74, 6) is -2.56. The number of alkyl halides is 2. The second-order valence-corrected chi connectivity index (χ2v) is 15.5. The maximum absolute atomic E-state index is 14.7. The van der Waals surface area contributed by atoms with Gasteiger partial charge in [0.25, 0.3) is 5.92 Å². The summed E-state index contributed by atoms with van der Waals surface area (Å²) in [6.45, 7) is 3.97. The summed E-state index contributed by atoms with van der Waals surface area (Å²) in [4.78, 5) is 51.4. The summed E-state index contributed by atoms with van der Waals surface area (Å²) in [6, 6.07) is 9.56. The Morgan fingerprint density at radius 1 is 1.06 bits per heavy atom. The molecule has 1 aromatic carbocycles. The number of piperidine rings is 2. The minimum absolute atomic E-state index is 0.0628. The zero-order valence-corrected chi connectivity index (χ0v) is 30.7. The molecule has 2 aromatic rings. The molecule has 4 N–H and O–H groups in total. The Balaban J connectivity index is 1.06. The second kappa shape index (κ2) is 15.0. The predicted octanol–water partition coefficient (Wildman–Crippen LogP) is 4.20. The lowest BCUT2D eigenvalue weighted by atomic mass is 9.74. The molecule has 5 aliphatic rings. The van der Waals surface area contributed by atoms with Gasteiger partial charge in [-0.2, -0.15) is 0 Å². The van der Waals surface area contributed by atoms with Gasteiger partial charge in [0.15, 0.2) is 6.35 Å². The molecule has 2 fully saturated rings. The first-order valence-corrected chi connectivity index (χ1v) is 19.0. The van der Waals surface area contributed by atoms with Gasteiger partial charge in [0.1, 0.15) is 12.4 Å². The Hall–Kier alpha value is -4.04. The maximum atomic E-state index is 14.7. The largest absolute Gasteiger partial charge is 0.365 e. The van der Waals surface area contributed by atoms with Crippen molar-refractivity contribution in [3.05, 3.63) is 76.5 Å². The van der Waals surface area contributed by atoms with E-state index < -0.39 is 23.1 Å². The van der Waals surface area contributed by atoms with Crippen LogP contribution in [0.4, 0.5) is 20.3 Å². The van der Waals surface area contributed by atoms with Crippen molar-refractivity contribution in [2.24, 2.45) is 5.41 Å². The average Bonchev–Trinajstić information content (AvgIpc) is 3.67. The number of rotatable bonds is 11. The van der Waals surface area contributed by atoms with E-state index in [9.17, 15) is 28.3 Å². The summed E-state index contributed by atoms with van der Waals surface area (Å²) in [6.07, 6.45) is 8.72. The number of anilines is 2. The predicted molar refractivity (Wildman–Crippen MR) is 198 cm³/mol. The highest BCUT2D eigenvalue weighted by molar-refractivity contribution is 6.06. The second-order valence-electron chi connectivity index (χ2n) is 15.5. The van der Waals surface area contributed by atoms with Gasteiger partial charge in [-0.1, -0.05) is 36.8 Å². The normalized spacial score (nSPS) is 24.1. The molecule has 3 aliphatic heterocycles. The van der Waals surface area contributed by atoms with Crippen LogP contribution in [-0.2, 0) is 32.6 Å². The van der Waals surface area contributed by atoms with Crippen LogP contribution in [0.5, 0.6) is 0 Å². The number of hydrogen-bond donors (Lipinski definition) is 4. The van der Waals surface area contributed by atoms with E-state index in [0.29, 0.717) is 69.8 Å². The molecule has 13 heteroatoms. The molecule has 2 aliphatic carbocycles. The highest BCUT2D eigenvalue weighted by Gasteiger charge is 2.51. The minimum Gasteiger partial charge on any atom is -0.365 e. The third-order valence-electron chi connectivity index (χ3n) is 12.3. The number of pyridine rings is 1. The summed E-state index contributed by atoms with van der Waals surface area (Å²) >= 11 is 0. The minimum atomic E-state index is -2.70. The molecule has 0 radical (unpaired) electrons. The lowest BCUT2D eigenvalue weighted by Crippen LogP contribution is -2.58. The number of carbonyl (C=O) groups is 3. The molecule has 1 unspecified atom stereocenters. The van der Waals surface area contributed by atoms with Gasteiger partial charge in [0.05, 0.1) is 10.8 Å². The van der Waals surface area contributed by atoms with Crippen LogP contribution < -0.4 is 16.0 Å². The Bertz CT molecular complexity index is 1800. The van der Waals surface area contributed by atoms with Crippen molar-refractivity contribution in [2.45, 2.75) is 82.4 Å². The van der Waals surface area contributed by atoms with Crippen LogP contribution in [0, 0.1) is 5.41 Å². The van der Waals surface area contributed by atoms with Crippen LogP contribution in [0.1, 0.15) is 68.6 Å². The Morgan fingerprint density at radius 3 is 2.49 bits per heavy atom. The Morgan fingerprint density at radius 2 is 1.77 bits per heavy atom. The zero-order chi connectivity index (χ0) is 37.4. The van der Waals surface area contributed by atoms with E-state index in [2.05, 4.69) is 33.1 Å². The number of halogens is 2. The van der Waals surface area contributed by atoms with Crippen molar-refractivity contribution in [1.82, 2.24) is 25.0 Å². The van der Waals surface area contributed by atoms with E-state index in [4.69, 9.17) is 0 Å². The number of aromatic nitrogens is 1. The number of aliphatic hydroxyl groups is 1. The fourth-order valence-corrected chi connectivity index (χ4v) is 9.02. The van der Waals surface area contributed by atoms with E-state index in [-0.39, 0.29) is 50.2 Å². The standard InChI is InChI=1S/C40H51F2N7O4/c1-3-38(12-17-47(18-13-38)37(53)48-19-14-40(41,42)15-20-48)36(52)49(25-29-8-5-4-7-28(29)24-43-2)26-33(50)45-31-11-10-27-22-39(23-30(27)21-31)32-9-6-16-44-34(32)46-35(39)51/h5-6,8-11,16,21,37,43,53H,3-4,7,12-15,17-20,22-26H2,1-2H3,(H,45,50)(H,44,46,51)/t37?,39-/m1/s1. The number of fused-ring (bicyclic) bond motifs is 3. The summed E-state index contributed by atoms with van der Waals surface area (Å²) in [5.41, 5.74) is 4.34. The number of nitrogens with one attached hydrogen (secondary N) is 3. The van der Waals surface area contributed by atoms with Gasteiger partial charge >= 0.3 is 0 Å². The van der Waals surface area contributed by atoms with E-state index in [1.807, 2.05) is 49.2 Å². The van der Waals surface area contributed by atoms with Gasteiger partial charge in [-0.3, -0.25) is 24.2 Å². The van der Waals surface area contributed by atoms with E-state index in [0.717, 1.165) is 35.1 Å². The van der Waals surface area contributed by atoms with Crippen LogP contribution in [0.25, 0.3) is 0 Å². The molecule has 7 rings (SSSR count). The highest BCUT2D eigenvalue weighted by Crippen LogP contribution is 2.47. The summed E-state index contributed by atoms with van der Waals surface area (Å²) in [5, 5.41) is 20.3. The van der Waals surface area contributed by atoms with Crippen molar-refractivity contribution in [3.8, 4) is 0 Å². The summed E-state index contributed by atoms with van der Waals surface area (Å²) < 4.78 is 27.6. The molecule has 3 amide bonds. The Labute approximate surface area is 309 Å². The molecule has 0 bridgehead atoms. The van der Waals surface area contributed by atoms with Gasteiger partial charge in [-0.25, -0.2) is 13.8 Å². The third kappa shape index (κ3) is 7.41. The average molecular weight is 732 g/mol. The summed E-state index contributed by atoms with van der Waals surface area (Å²) in [7, 11) is 1.90. The SMILES string of the molecule is CCC1(C(=O)N(CC(=O)Nc2ccc3c(c2)C[C@@]2(C3)C(=O)Nc3ncccc32)CC2=C(CNC)CCC=C2)CCN(C(O)N2CCC(F)(F)CC2)CC1.